The second-order valence-corrected chi connectivity index (χ2v) is 8.78. The molecule has 0 bridgehead atoms. The fourth-order valence-electron chi connectivity index (χ4n) is 3.81. The van der Waals surface area contributed by atoms with E-state index in [-0.39, 0.29) is 18.5 Å². The van der Waals surface area contributed by atoms with E-state index in [0.717, 1.165) is 33.2 Å². The van der Waals surface area contributed by atoms with E-state index in [4.69, 9.17) is 5.10 Å². The maximum absolute atomic E-state index is 12.9. The minimum Gasteiger partial charge on any atom is -0.342 e. The lowest BCUT2D eigenvalue weighted by Gasteiger charge is -2.21. The summed E-state index contributed by atoms with van der Waals surface area (Å²) < 4.78 is 1.96. The number of thiazole rings is 1. The molecule has 2 aromatic heterocycles. The summed E-state index contributed by atoms with van der Waals surface area (Å²) in [6, 6.07) is 19.8. The van der Waals surface area contributed by atoms with Gasteiger partial charge in [0.15, 0.2) is 0 Å². The SMILES string of the molecule is Cc1nn(-c2ccccc2)c(C)c1CN(C)CC(=O)NC(c1ccccc1)c1nccs1. The van der Waals surface area contributed by atoms with Gasteiger partial charge >= 0.3 is 0 Å². The molecule has 0 fully saturated rings. The fraction of sp³-hybridized carbons (Fsp3) is 0.240. The molecule has 164 valence electrons. The van der Waals surface area contributed by atoms with Crippen LogP contribution in [0.4, 0.5) is 0 Å². The monoisotopic (exact) mass is 445 g/mol. The van der Waals surface area contributed by atoms with Crippen molar-refractivity contribution < 1.29 is 4.79 Å². The molecule has 4 aromatic rings. The Morgan fingerprint density at radius 3 is 2.44 bits per heavy atom. The summed E-state index contributed by atoms with van der Waals surface area (Å²) in [5, 5.41) is 10.7. The maximum Gasteiger partial charge on any atom is 0.235 e. The van der Waals surface area contributed by atoms with E-state index in [1.807, 2.05) is 89.6 Å². The van der Waals surface area contributed by atoms with Crippen molar-refractivity contribution >= 4 is 17.2 Å². The molecule has 1 amide bonds. The molecule has 0 aliphatic carbocycles. The van der Waals surface area contributed by atoms with Crippen molar-refractivity contribution in [1.82, 2.24) is 25.0 Å². The highest BCUT2D eigenvalue weighted by Gasteiger charge is 2.21. The van der Waals surface area contributed by atoms with Crippen LogP contribution in [-0.2, 0) is 11.3 Å². The van der Waals surface area contributed by atoms with Crippen LogP contribution in [0.5, 0.6) is 0 Å². The molecular weight excluding hydrogens is 418 g/mol. The fourth-order valence-corrected chi connectivity index (χ4v) is 4.53. The van der Waals surface area contributed by atoms with Crippen LogP contribution in [0.3, 0.4) is 0 Å². The van der Waals surface area contributed by atoms with Crippen molar-refractivity contribution in [2.24, 2.45) is 0 Å². The molecule has 0 aliphatic heterocycles. The van der Waals surface area contributed by atoms with Gasteiger partial charge < -0.3 is 5.32 Å². The average molecular weight is 446 g/mol. The zero-order valence-electron chi connectivity index (χ0n) is 18.5. The van der Waals surface area contributed by atoms with E-state index in [2.05, 4.69) is 17.2 Å². The number of nitrogens with one attached hydrogen (secondary N) is 1. The minimum absolute atomic E-state index is 0.0395. The molecule has 1 unspecified atom stereocenters. The average Bonchev–Trinajstić information content (AvgIpc) is 3.43. The first kappa shape index (κ1) is 21.9. The maximum atomic E-state index is 12.9. The Balaban J connectivity index is 1.45. The second-order valence-electron chi connectivity index (χ2n) is 7.85. The Morgan fingerprint density at radius 2 is 1.78 bits per heavy atom. The van der Waals surface area contributed by atoms with Crippen LogP contribution in [-0.4, -0.2) is 39.2 Å². The van der Waals surface area contributed by atoms with Crippen molar-refractivity contribution in [3.8, 4) is 5.69 Å². The van der Waals surface area contributed by atoms with Crippen LogP contribution in [0.15, 0.2) is 72.2 Å². The summed E-state index contributed by atoms with van der Waals surface area (Å²) in [4.78, 5) is 19.4. The third-order valence-electron chi connectivity index (χ3n) is 5.42. The number of aromatic nitrogens is 3. The summed E-state index contributed by atoms with van der Waals surface area (Å²) >= 11 is 1.54. The van der Waals surface area contributed by atoms with Gasteiger partial charge in [0.25, 0.3) is 0 Å². The van der Waals surface area contributed by atoms with Crippen molar-refractivity contribution in [3.05, 3.63) is 99.8 Å². The zero-order valence-corrected chi connectivity index (χ0v) is 19.3. The first-order valence-corrected chi connectivity index (χ1v) is 11.4. The van der Waals surface area contributed by atoms with E-state index >= 15 is 0 Å². The number of amides is 1. The van der Waals surface area contributed by atoms with Crippen LogP contribution >= 0.6 is 11.3 Å². The molecular formula is C25H27N5OS. The summed E-state index contributed by atoms with van der Waals surface area (Å²) in [5.41, 5.74) is 5.27. The molecule has 0 saturated carbocycles. The summed E-state index contributed by atoms with van der Waals surface area (Å²) in [7, 11) is 1.96. The molecule has 1 atom stereocenters. The number of aryl methyl sites for hydroxylation is 1. The molecule has 0 saturated heterocycles. The van der Waals surface area contributed by atoms with Gasteiger partial charge in [-0.2, -0.15) is 5.10 Å². The van der Waals surface area contributed by atoms with Crippen molar-refractivity contribution in [3.63, 3.8) is 0 Å². The Hall–Kier alpha value is -3.29. The number of nitrogens with zero attached hydrogens (tertiary/aromatic N) is 4. The van der Waals surface area contributed by atoms with Gasteiger partial charge in [0.1, 0.15) is 11.0 Å². The van der Waals surface area contributed by atoms with Gasteiger partial charge in [0.2, 0.25) is 5.91 Å². The quantitative estimate of drug-likeness (QED) is 0.440. The Kier molecular flexibility index (Phi) is 6.78. The molecule has 7 heteroatoms. The summed E-state index contributed by atoms with van der Waals surface area (Å²) in [6.45, 7) is 5.02. The van der Waals surface area contributed by atoms with Gasteiger partial charge in [0, 0.05) is 29.4 Å². The molecule has 2 heterocycles. The van der Waals surface area contributed by atoms with Gasteiger partial charge in [-0.15, -0.1) is 11.3 Å². The number of para-hydroxylation sites is 1. The van der Waals surface area contributed by atoms with Crippen molar-refractivity contribution in [1.29, 1.82) is 0 Å². The first-order chi connectivity index (χ1) is 15.5. The lowest BCUT2D eigenvalue weighted by molar-refractivity contribution is -0.122. The van der Waals surface area contributed by atoms with Crippen LogP contribution in [0.2, 0.25) is 0 Å². The van der Waals surface area contributed by atoms with Crippen molar-refractivity contribution in [2.45, 2.75) is 26.4 Å². The molecule has 32 heavy (non-hydrogen) atoms. The molecule has 1 N–H and O–H groups in total. The lowest BCUT2D eigenvalue weighted by Crippen LogP contribution is -2.37. The molecule has 0 aliphatic rings. The van der Waals surface area contributed by atoms with E-state index in [0.29, 0.717) is 6.54 Å². The van der Waals surface area contributed by atoms with E-state index in [9.17, 15) is 4.79 Å². The number of benzene rings is 2. The number of hydrogen-bond donors (Lipinski definition) is 1. The Morgan fingerprint density at radius 1 is 1.09 bits per heavy atom. The van der Waals surface area contributed by atoms with Crippen LogP contribution in [0.1, 0.15) is 33.6 Å². The third kappa shape index (κ3) is 4.95. The van der Waals surface area contributed by atoms with Crippen LogP contribution in [0.25, 0.3) is 5.69 Å². The van der Waals surface area contributed by atoms with Crippen LogP contribution in [0, 0.1) is 13.8 Å². The topological polar surface area (TPSA) is 63.1 Å². The second kappa shape index (κ2) is 9.89. The lowest BCUT2D eigenvalue weighted by atomic mass is 10.1. The molecule has 6 nitrogen and oxygen atoms in total. The molecule has 0 radical (unpaired) electrons. The third-order valence-corrected chi connectivity index (χ3v) is 6.26. The summed E-state index contributed by atoms with van der Waals surface area (Å²) in [6.07, 6.45) is 1.77. The summed E-state index contributed by atoms with van der Waals surface area (Å²) in [5.74, 6) is -0.0395. The van der Waals surface area contributed by atoms with E-state index in [1.54, 1.807) is 17.5 Å². The van der Waals surface area contributed by atoms with Gasteiger partial charge in [0.05, 0.1) is 17.9 Å². The van der Waals surface area contributed by atoms with Gasteiger partial charge in [-0.1, -0.05) is 48.5 Å². The molecule has 2 aromatic carbocycles. The molecule has 0 spiro atoms. The van der Waals surface area contributed by atoms with Gasteiger partial charge in [-0.05, 0) is 38.6 Å². The van der Waals surface area contributed by atoms with E-state index in [1.165, 1.54) is 0 Å². The number of rotatable bonds is 8. The minimum atomic E-state index is -0.249. The van der Waals surface area contributed by atoms with Gasteiger partial charge in [-0.3, -0.25) is 9.69 Å². The zero-order chi connectivity index (χ0) is 22.5. The highest BCUT2D eigenvalue weighted by Crippen LogP contribution is 2.24. The molecule has 4 rings (SSSR count). The largest absolute Gasteiger partial charge is 0.342 e. The van der Waals surface area contributed by atoms with Crippen molar-refractivity contribution in [2.75, 3.05) is 13.6 Å². The number of carbonyl (C=O) groups is 1. The Labute approximate surface area is 192 Å². The predicted octanol–water partition coefficient (Wildman–Crippen LogP) is 4.28. The highest BCUT2D eigenvalue weighted by molar-refractivity contribution is 7.09. The van der Waals surface area contributed by atoms with E-state index < -0.39 is 0 Å². The normalized spacial score (nSPS) is 12.1. The number of hydrogen-bond acceptors (Lipinski definition) is 5. The van der Waals surface area contributed by atoms with Crippen LogP contribution < -0.4 is 5.32 Å². The highest BCUT2D eigenvalue weighted by atomic mass is 32.1. The number of carbonyl (C=O) groups excluding carboxylic acids is 1. The Bertz CT molecular complexity index is 1160. The van der Waals surface area contributed by atoms with Gasteiger partial charge in [-0.25, -0.2) is 9.67 Å². The predicted molar refractivity (Wildman–Crippen MR) is 128 cm³/mol. The first-order valence-electron chi connectivity index (χ1n) is 10.6. The number of likely N-dealkylation sites (N-methyl/N-ethyl adjacent to an activating group) is 1. The standard InChI is InChI=1S/C25H27N5OS/c1-18-22(19(2)30(28-18)21-12-8-5-9-13-21)16-29(3)17-23(31)27-24(25-26-14-15-32-25)20-10-6-4-7-11-20/h4-15,24H,16-17H2,1-3H3,(H,27,31). The smallest absolute Gasteiger partial charge is 0.235 e.